The van der Waals surface area contributed by atoms with Gasteiger partial charge in [0.15, 0.2) is 0 Å². The van der Waals surface area contributed by atoms with E-state index >= 15 is 0 Å². The fourth-order valence-electron chi connectivity index (χ4n) is 2.66. The highest BCUT2D eigenvalue weighted by Crippen LogP contribution is 2.27. The standard InChI is InChI=1S/C15H24N2O/c1-11(2)13-6-8-17(9-7-13)14-4-5-15(12(3)18)16-10-14/h4-5,10-13,18H,6-9H2,1-3H3/t12-/m0/s1. The minimum Gasteiger partial charge on any atom is -0.387 e. The number of anilines is 1. The molecule has 3 heteroatoms. The van der Waals surface area contributed by atoms with Gasteiger partial charge in [-0.05, 0) is 43.7 Å². The molecule has 1 aromatic heterocycles. The maximum atomic E-state index is 9.44. The maximum absolute atomic E-state index is 9.44. The second-order valence-corrected chi connectivity index (χ2v) is 5.69. The molecular formula is C15H24N2O. The van der Waals surface area contributed by atoms with Crippen molar-refractivity contribution in [2.24, 2.45) is 11.8 Å². The smallest absolute Gasteiger partial charge is 0.0931 e. The summed E-state index contributed by atoms with van der Waals surface area (Å²) in [6, 6.07) is 4.00. The van der Waals surface area contributed by atoms with Crippen molar-refractivity contribution in [1.82, 2.24) is 4.98 Å². The number of aliphatic hydroxyl groups is 1. The van der Waals surface area contributed by atoms with E-state index in [0.29, 0.717) is 0 Å². The van der Waals surface area contributed by atoms with Crippen LogP contribution in [0.25, 0.3) is 0 Å². The Balaban J connectivity index is 1.97. The molecule has 2 heterocycles. The highest BCUT2D eigenvalue weighted by molar-refractivity contribution is 5.45. The van der Waals surface area contributed by atoms with Gasteiger partial charge in [-0.2, -0.15) is 0 Å². The van der Waals surface area contributed by atoms with E-state index in [1.54, 1.807) is 6.92 Å². The lowest BCUT2D eigenvalue weighted by molar-refractivity contribution is 0.194. The molecule has 0 aliphatic carbocycles. The third-order valence-electron chi connectivity index (χ3n) is 4.05. The van der Waals surface area contributed by atoms with E-state index < -0.39 is 6.10 Å². The zero-order valence-corrected chi connectivity index (χ0v) is 11.6. The second-order valence-electron chi connectivity index (χ2n) is 5.69. The zero-order valence-electron chi connectivity index (χ0n) is 11.6. The molecule has 1 aromatic rings. The van der Waals surface area contributed by atoms with Gasteiger partial charge in [-0.15, -0.1) is 0 Å². The van der Waals surface area contributed by atoms with Crippen LogP contribution in [0, 0.1) is 11.8 Å². The highest BCUT2D eigenvalue weighted by Gasteiger charge is 2.21. The van der Waals surface area contributed by atoms with E-state index in [9.17, 15) is 5.11 Å². The van der Waals surface area contributed by atoms with Gasteiger partial charge < -0.3 is 10.0 Å². The van der Waals surface area contributed by atoms with Gasteiger partial charge in [0.25, 0.3) is 0 Å². The van der Waals surface area contributed by atoms with E-state index in [4.69, 9.17) is 0 Å². The number of nitrogens with zero attached hydrogens (tertiary/aromatic N) is 2. The van der Waals surface area contributed by atoms with Crippen LogP contribution in [0.2, 0.25) is 0 Å². The number of pyridine rings is 1. The molecular weight excluding hydrogens is 224 g/mol. The van der Waals surface area contributed by atoms with Crippen LogP contribution in [0.5, 0.6) is 0 Å². The summed E-state index contributed by atoms with van der Waals surface area (Å²) in [7, 11) is 0. The van der Waals surface area contributed by atoms with Gasteiger partial charge in [-0.1, -0.05) is 13.8 Å². The fraction of sp³-hybridized carbons (Fsp3) is 0.667. The van der Waals surface area contributed by atoms with Crippen LogP contribution in [0.4, 0.5) is 5.69 Å². The molecule has 0 spiro atoms. The van der Waals surface area contributed by atoms with Crippen LogP contribution >= 0.6 is 0 Å². The van der Waals surface area contributed by atoms with E-state index in [0.717, 1.165) is 30.6 Å². The summed E-state index contributed by atoms with van der Waals surface area (Å²) >= 11 is 0. The average molecular weight is 248 g/mol. The van der Waals surface area contributed by atoms with Crippen LogP contribution in [0.1, 0.15) is 45.4 Å². The molecule has 3 nitrogen and oxygen atoms in total. The zero-order chi connectivity index (χ0) is 13.1. The molecule has 1 atom stereocenters. The molecule has 1 fully saturated rings. The largest absolute Gasteiger partial charge is 0.387 e. The lowest BCUT2D eigenvalue weighted by Crippen LogP contribution is -2.35. The van der Waals surface area contributed by atoms with Crippen LogP contribution in [0.3, 0.4) is 0 Å². The molecule has 0 radical (unpaired) electrons. The Morgan fingerprint density at radius 1 is 1.22 bits per heavy atom. The predicted octanol–water partition coefficient (Wildman–Crippen LogP) is 3.01. The molecule has 0 bridgehead atoms. The van der Waals surface area contributed by atoms with E-state index in [1.165, 1.54) is 18.5 Å². The number of piperidine rings is 1. The summed E-state index contributed by atoms with van der Waals surface area (Å²) < 4.78 is 0. The van der Waals surface area contributed by atoms with E-state index in [1.807, 2.05) is 12.3 Å². The fourth-order valence-corrected chi connectivity index (χ4v) is 2.66. The van der Waals surface area contributed by atoms with Crippen LogP contribution in [-0.2, 0) is 0 Å². The Labute approximate surface area is 110 Å². The molecule has 100 valence electrons. The molecule has 2 rings (SSSR count). The molecule has 18 heavy (non-hydrogen) atoms. The van der Waals surface area contributed by atoms with Gasteiger partial charge in [-0.25, -0.2) is 0 Å². The van der Waals surface area contributed by atoms with Crippen molar-refractivity contribution in [2.45, 2.75) is 39.7 Å². The lowest BCUT2D eigenvalue weighted by Gasteiger charge is -2.35. The number of hydrogen-bond acceptors (Lipinski definition) is 3. The van der Waals surface area contributed by atoms with Crippen LogP contribution in [-0.4, -0.2) is 23.2 Å². The summed E-state index contributed by atoms with van der Waals surface area (Å²) in [5.74, 6) is 1.66. The van der Waals surface area contributed by atoms with E-state index in [2.05, 4.69) is 29.8 Å². The highest BCUT2D eigenvalue weighted by atomic mass is 16.3. The lowest BCUT2D eigenvalue weighted by atomic mass is 9.86. The predicted molar refractivity (Wildman–Crippen MR) is 74.6 cm³/mol. The van der Waals surface area contributed by atoms with Gasteiger partial charge in [0.2, 0.25) is 0 Å². The van der Waals surface area contributed by atoms with Gasteiger partial charge in [0.05, 0.1) is 23.7 Å². The maximum Gasteiger partial charge on any atom is 0.0931 e. The Morgan fingerprint density at radius 3 is 2.33 bits per heavy atom. The first kappa shape index (κ1) is 13.3. The summed E-state index contributed by atoms with van der Waals surface area (Å²) in [6.07, 6.45) is 3.95. The first-order chi connectivity index (χ1) is 8.58. The van der Waals surface area contributed by atoms with Crippen LogP contribution in [0.15, 0.2) is 18.3 Å². The topological polar surface area (TPSA) is 36.4 Å². The molecule has 0 unspecified atom stereocenters. The van der Waals surface area contributed by atoms with Crippen LogP contribution < -0.4 is 4.90 Å². The first-order valence-electron chi connectivity index (χ1n) is 6.97. The van der Waals surface area contributed by atoms with Crippen molar-refractivity contribution in [1.29, 1.82) is 0 Å². The Bertz CT molecular complexity index is 365. The molecule has 1 aliphatic rings. The van der Waals surface area contributed by atoms with Gasteiger partial charge >= 0.3 is 0 Å². The minimum atomic E-state index is -0.481. The number of aromatic nitrogens is 1. The third kappa shape index (κ3) is 3.02. The Kier molecular flexibility index (Phi) is 4.23. The van der Waals surface area contributed by atoms with E-state index in [-0.39, 0.29) is 0 Å². The minimum absolute atomic E-state index is 0.481. The molecule has 0 saturated carbocycles. The number of aliphatic hydroxyl groups excluding tert-OH is 1. The van der Waals surface area contributed by atoms with Crippen molar-refractivity contribution < 1.29 is 5.11 Å². The van der Waals surface area contributed by atoms with Crippen molar-refractivity contribution in [3.63, 3.8) is 0 Å². The van der Waals surface area contributed by atoms with Gasteiger partial charge in [0.1, 0.15) is 0 Å². The van der Waals surface area contributed by atoms with Gasteiger partial charge in [0, 0.05) is 13.1 Å². The van der Waals surface area contributed by atoms with Crippen molar-refractivity contribution in [2.75, 3.05) is 18.0 Å². The average Bonchev–Trinajstić information content (AvgIpc) is 2.39. The molecule has 1 N–H and O–H groups in total. The third-order valence-corrected chi connectivity index (χ3v) is 4.05. The van der Waals surface area contributed by atoms with Gasteiger partial charge in [-0.3, -0.25) is 4.98 Å². The second kappa shape index (κ2) is 5.70. The summed E-state index contributed by atoms with van der Waals surface area (Å²) in [5.41, 5.74) is 1.93. The monoisotopic (exact) mass is 248 g/mol. The number of hydrogen-bond donors (Lipinski definition) is 1. The summed E-state index contributed by atoms with van der Waals surface area (Å²) in [6.45, 7) is 8.63. The first-order valence-corrected chi connectivity index (χ1v) is 6.97. The molecule has 0 amide bonds. The molecule has 0 aromatic carbocycles. The summed E-state index contributed by atoms with van der Waals surface area (Å²) in [5, 5.41) is 9.44. The SMILES string of the molecule is CC(C)C1CCN(c2ccc([C@H](C)O)nc2)CC1. The van der Waals surface area contributed by atoms with Crippen molar-refractivity contribution >= 4 is 5.69 Å². The summed E-state index contributed by atoms with van der Waals surface area (Å²) in [4.78, 5) is 6.72. The molecule has 1 aliphatic heterocycles. The van der Waals surface area contributed by atoms with Crippen molar-refractivity contribution in [3.05, 3.63) is 24.0 Å². The Hall–Kier alpha value is -1.09. The quantitative estimate of drug-likeness (QED) is 0.893. The normalized spacial score (nSPS) is 19.3. The number of rotatable bonds is 3. The molecule has 1 saturated heterocycles. The Morgan fingerprint density at radius 2 is 1.89 bits per heavy atom. The van der Waals surface area contributed by atoms with Crippen molar-refractivity contribution in [3.8, 4) is 0 Å².